The van der Waals surface area contributed by atoms with E-state index in [0.29, 0.717) is 5.41 Å². The molecule has 0 saturated heterocycles. The molecule has 0 aliphatic heterocycles. The van der Waals surface area contributed by atoms with E-state index < -0.39 is 0 Å². The summed E-state index contributed by atoms with van der Waals surface area (Å²) in [5.74, 6) is 0.784. The van der Waals surface area contributed by atoms with Crippen LogP contribution in [0.3, 0.4) is 0 Å². The van der Waals surface area contributed by atoms with Crippen LogP contribution in [0.2, 0.25) is 0 Å². The zero-order valence-corrected chi connectivity index (χ0v) is 9.53. The highest BCUT2D eigenvalue weighted by Gasteiger charge is 2.25. The van der Waals surface area contributed by atoms with Gasteiger partial charge in [-0.1, -0.05) is 40.0 Å². The second-order valence-electron chi connectivity index (χ2n) is 5.40. The fourth-order valence-corrected chi connectivity index (χ4v) is 2.24. The minimum absolute atomic E-state index is 0.604. The molecule has 0 aromatic heterocycles. The van der Waals surface area contributed by atoms with Gasteiger partial charge < -0.3 is 5.32 Å². The lowest BCUT2D eigenvalue weighted by atomic mass is 9.76. The van der Waals surface area contributed by atoms with Crippen molar-refractivity contribution in [3.05, 3.63) is 0 Å². The first-order valence-electron chi connectivity index (χ1n) is 5.83. The standard InChI is InChI=1S/C12H25N/c1-11(2)9-13-10-12(3)7-5-4-6-8-12/h11,13H,4-10H2,1-3H3. The van der Waals surface area contributed by atoms with Crippen molar-refractivity contribution in [1.82, 2.24) is 5.32 Å². The normalized spacial score (nSPS) is 22.2. The largest absolute Gasteiger partial charge is 0.316 e. The Morgan fingerprint density at radius 1 is 1.15 bits per heavy atom. The first kappa shape index (κ1) is 11.0. The monoisotopic (exact) mass is 183 g/mol. The van der Waals surface area contributed by atoms with Crippen LogP contribution in [0.1, 0.15) is 52.9 Å². The van der Waals surface area contributed by atoms with Crippen molar-refractivity contribution >= 4 is 0 Å². The molecule has 1 saturated carbocycles. The van der Waals surface area contributed by atoms with E-state index in [9.17, 15) is 0 Å². The van der Waals surface area contributed by atoms with Gasteiger partial charge in [0.1, 0.15) is 0 Å². The maximum atomic E-state index is 3.60. The number of hydrogen-bond donors (Lipinski definition) is 1. The van der Waals surface area contributed by atoms with E-state index >= 15 is 0 Å². The summed E-state index contributed by atoms with van der Waals surface area (Å²) in [5, 5.41) is 3.60. The molecular weight excluding hydrogens is 158 g/mol. The molecule has 0 amide bonds. The molecule has 0 atom stereocenters. The topological polar surface area (TPSA) is 12.0 Å². The fraction of sp³-hybridized carbons (Fsp3) is 1.00. The average Bonchev–Trinajstić information content (AvgIpc) is 2.04. The molecule has 1 nitrogen and oxygen atoms in total. The molecule has 1 N–H and O–H groups in total. The number of rotatable bonds is 4. The van der Waals surface area contributed by atoms with Crippen LogP contribution in [0.15, 0.2) is 0 Å². The molecule has 1 fully saturated rings. The summed E-state index contributed by atoms with van der Waals surface area (Å²) >= 11 is 0. The molecule has 0 unspecified atom stereocenters. The molecule has 1 aliphatic rings. The van der Waals surface area contributed by atoms with E-state index in [1.807, 2.05) is 0 Å². The highest BCUT2D eigenvalue weighted by atomic mass is 14.9. The summed E-state index contributed by atoms with van der Waals surface area (Å²) in [4.78, 5) is 0. The molecule has 0 aromatic carbocycles. The van der Waals surface area contributed by atoms with Crippen molar-refractivity contribution in [3.8, 4) is 0 Å². The number of hydrogen-bond acceptors (Lipinski definition) is 1. The Kier molecular flexibility index (Phi) is 4.24. The maximum Gasteiger partial charge on any atom is 0.000527 e. The summed E-state index contributed by atoms with van der Waals surface area (Å²) in [6.45, 7) is 9.40. The fourth-order valence-electron chi connectivity index (χ4n) is 2.24. The Bertz CT molecular complexity index is 134. The Morgan fingerprint density at radius 2 is 1.77 bits per heavy atom. The van der Waals surface area contributed by atoms with Crippen molar-refractivity contribution in [1.29, 1.82) is 0 Å². The van der Waals surface area contributed by atoms with Crippen LogP contribution in [0.5, 0.6) is 0 Å². The zero-order chi connectivity index (χ0) is 9.73. The van der Waals surface area contributed by atoms with Gasteiger partial charge in [0.2, 0.25) is 0 Å². The Hall–Kier alpha value is -0.0400. The van der Waals surface area contributed by atoms with Crippen LogP contribution in [0, 0.1) is 11.3 Å². The highest BCUT2D eigenvalue weighted by molar-refractivity contribution is 4.80. The summed E-state index contributed by atoms with van der Waals surface area (Å²) in [7, 11) is 0. The van der Waals surface area contributed by atoms with Crippen LogP contribution >= 0.6 is 0 Å². The number of nitrogens with one attached hydrogen (secondary N) is 1. The summed E-state index contributed by atoms with van der Waals surface area (Å²) < 4.78 is 0. The van der Waals surface area contributed by atoms with Gasteiger partial charge in [-0.05, 0) is 30.7 Å². The van der Waals surface area contributed by atoms with E-state index in [1.165, 1.54) is 45.2 Å². The van der Waals surface area contributed by atoms with Crippen LogP contribution in [0.4, 0.5) is 0 Å². The lowest BCUT2D eigenvalue weighted by molar-refractivity contribution is 0.206. The van der Waals surface area contributed by atoms with Crippen molar-refractivity contribution in [2.75, 3.05) is 13.1 Å². The van der Waals surface area contributed by atoms with Crippen molar-refractivity contribution in [2.24, 2.45) is 11.3 Å². The molecule has 0 heterocycles. The zero-order valence-electron chi connectivity index (χ0n) is 9.53. The third kappa shape index (κ3) is 4.12. The lowest BCUT2D eigenvalue weighted by Gasteiger charge is -2.34. The predicted molar refractivity (Wildman–Crippen MR) is 58.9 cm³/mol. The smallest absolute Gasteiger partial charge is 0.000527 e. The van der Waals surface area contributed by atoms with Gasteiger partial charge in [-0.25, -0.2) is 0 Å². The first-order valence-corrected chi connectivity index (χ1v) is 5.83. The highest BCUT2D eigenvalue weighted by Crippen LogP contribution is 2.34. The summed E-state index contributed by atoms with van der Waals surface area (Å²) in [5.41, 5.74) is 0.604. The molecule has 78 valence electrons. The van der Waals surface area contributed by atoms with Gasteiger partial charge in [0.15, 0.2) is 0 Å². The van der Waals surface area contributed by atoms with Crippen LogP contribution in [0.25, 0.3) is 0 Å². The van der Waals surface area contributed by atoms with E-state index in [0.717, 1.165) is 5.92 Å². The summed E-state index contributed by atoms with van der Waals surface area (Å²) in [6.07, 6.45) is 7.20. The van der Waals surface area contributed by atoms with E-state index in [4.69, 9.17) is 0 Å². The van der Waals surface area contributed by atoms with Gasteiger partial charge in [0, 0.05) is 6.54 Å². The average molecular weight is 183 g/mol. The van der Waals surface area contributed by atoms with Gasteiger partial charge >= 0.3 is 0 Å². The molecule has 1 rings (SSSR count). The molecule has 0 aromatic rings. The van der Waals surface area contributed by atoms with E-state index in [2.05, 4.69) is 26.1 Å². The third-order valence-electron chi connectivity index (χ3n) is 3.17. The van der Waals surface area contributed by atoms with E-state index in [-0.39, 0.29) is 0 Å². The van der Waals surface area contributed by atoms with Gasteiger partial charge in [-0.2, -0.15) is 0 Å². The van der Waals surface area contributed by atoms with Gasteiger partial charge in [0.05, 0.1) is 0 Å². The predicted octanol–water partition coefficient (Wildman–Crippen LogP) is 3.20. The van der Waals surface area contributed by atoms with Crippen LogP contribution in [-0.4, -0.2) is 13.1 Å². The Morgan fingerprint density at radius 3 is 2.31 bits per heavy atom. The van der Waals surface area contributed by atoms with Gasteiger partial charge in [-0.3, -0.25) is 0 Å². The Balaban J connectivity index is 2.17. The van der Waals surface area contributed by atoms with E-state index in [1.54, 1.807) is 0 Å². The minimum atomic E-state index is 0.604. The first-order chi connectivity index (χ1) is 6.12. The molecule has 13 heavy (non-hydrogen) atoms. The molecule has 0 radical (unpaired) electrons. The van der Waals surface area contributed by atoms with Gasteiger partial charge in [0.25, 0.3) is 0 Å². The van der Waals surface area contributed by atoms with Crippen molar-refractivity contribution in [3.63, 3.8) is 0 Å². The summed E-state index contributed by atoms with van der Waals surface area (Å²) in [6, 6.07) is 0. The van der Waals surface area contributed by atoms with Crippen molar-refractivity contribution in [2.45, 2.75) is 52.9 Å². The molecule has 1 heteroatoms. The molecule has 0 bridgehead atoms. The quantitative estimate of drug-likeness (QED) is 0.705. The van der Waals surface area contributed by atoms with Crippen molar-refractivity contribution < 1.29 is 0 Å². The molecular formula is C12H25N. The second-order valence-corrected chi connectivity index (χ2v) is 5.40. The maximum absolute atomic E-state index is 3.60. The Labute approximate surface area is 83.3 Å². The van der Waals surface area contributed by atoms with Crippen LogP contribution < -0.4 is 5.32 Å². The lowest BCUT2D eigenvalue weighted by Crippen LogP contribution is -2.35. The van der Waals surface area contributed by atoms with Gasteiger partial charge in [-0.15, -0.1) is 0 Å². The minimum Gasteiger partial charge on any atom is -0.316 e. The molecule has 0 spiro atoms. The molecule has 1 aliphatic carbocycles. The SMILES string of the molecule is CC(C)CNCC1(C)CCCCC1. The third-order valence-corrected chi connectivity index (χ3v) is 3.17. The van der Waals surface area contributed by atoms with Crippen LogP contribution in [-0.2, 0) is 0 Å². The second kappa shape index (κ2) is 4.99.